The summed E-state index contributed by atoms with van der Waals surface area (Å²) in [5.74, 6) is -1.11. The molecule has 6 aromatic carbocycles. The van der Waals surface area contributed by atoms with Crippen molar-refractivity contribution in [1.29, 1.82) is 0 Å². The molecule has 0 aliphatic heterocycles. The Balaban J connectivity index is 0.000000161. The number of hydrogen-bond acceptors (Lipinski definition) is 22. The molecule has 0 unspecified atom stereocenters. The van der Waals surface area contributed by atoms with E-state index in [-0.39, 0.29) is 51.2 Å². The van der Waals surface area contributed by atoms with Gasteiger partial charge in [0.1, 0.15) is 47.9 Å². The highest BCUT2D eigenvalue weighted by Crippen LogP contribution is 2.36. The number of carbonyl (C=O) groups is 5. The van der Waals surface area contributed by atoms with Crippen molar-refractivity contribution in [3.63, 3.8) is 0 Å². The normalized spacial score (nSPS) is 12.0. The molecule has 30 nitrogen and oxygen atoms in total. The molecule has 40 heteroatoms. The summed E-state index contributed by atoms with van der Waals surface area (Å²) in [5, 5.41) is 23.8. The molecule has 0 atom stereocenters. The van der Waals surface area contributed by atoms with Crippen LogP contribution < -0.4 is 27.7 Å². The summed E-state index contributed by atoms with van der Waals surface area (Å²) in [6, 6.07) is 42.9. The summed E-state index contributed by atoms with van der Waals surface area (Å²) in [5.41, 5.74) is 32.2. The molecule has 134 heavy (non-hydrogen) atoms. The minimum Gasteiger partial charge on any atom is -0.481 e. The van der Waals surface area contributed by atoms with Crippen LogP contribution in [0.5, 0.6) is 5.88 Å². The van der Waals surface area contributed by atoms with Crippen LogP contribution in [-0.4, -0.2) is 137 Å². The molecule has 8 N–H and O–H groups in total. The first-order chi connectivity index (χ1) is 63.5. The fourth-order valence-corrected chi connectivity index (χ4v) is 13.6. The van der Waals surface area contributed by atoms with Crippen molar-refractivity contribution < 1.29 is 73.0 Å². The van der Waals surface area contributed by atoms with Gasteiger partial charge >= 0.3 is 24.5 Å². The van der Waals surface area contributed by atoms with Gasteiger partial charge in [-0.05, 0) is 200 Å². The number of aromatic nitrogens is 19. The van der Waals surface area contributed by atoms with E-state index >= 15 is 0 Å². The molecule has 0 aliphatic carbocycles. The monoisotopic (exact) mass is 1850 g/mol. The number of alkyl halides is 9. The van der Waals surface area contributed by atoms with Crippen LogP contribution >= 0.6 is 11.3 Å². The van der Waals surface area contributed by atoms with Gasteiger partial charge in [0.25, 0.3) is 23.6 Å². The summed E-state index contributed by atoms with van der Waals surface area (Å²) in [4.78, 5) is 95.9. The maximum atomic E-state index is 13.0. The first-order valence-corrected chi connectivity index (χ1v) is 41.0. The molecule has 686 valence electrons. The second kappa shape index (κ2) is 43.2. The van der Waals surface area contributed by atoms with Gasteiger partial charge in [0.05, 0.1) is 46.6 Å². The quantitative estimate of drug-likeness (QED) is 0.0278. The zero-order valence-corrected chi connectivity index (χ0v) is 74.1. The van der Waals surface area contributed by atoms with Gasteiger partial charge in [-0.2, -0.15) is 39.5 Å². The molecule has 0 spiro atoms. The Morgan fingerprint density at radius 3 is 1.01 bits per heavy atom. The minimum atomic E-state index is -4.64. The number of ether oxygens (including phenoxy) is 2. The van der Waals surface area contributed by atoms with E-state index in [1.807, 2.05) is 134 Å². The van der Waals surface area contributed by atoms with Crippen LogP contribution in [-0.2, 0) is 47.2 Å². The number of nitrogens with zero attached hydrogens (tertiary/aromatic N) is 19. The van der Waals surface area contributed by atoms with Gasteiger partial charge in [0.15, 0.2) is 29.1 Å². The Labute approximate surface area is 763 Å². The van der Waals surface area contributed by atoms with Crippen LogP contribution in [0, 0.1) is 55.4 Å². The molecule has 15 rings (SSSR count). The molecule has 4 amide bonds. The van der Waals surface area contributed by atoms with Crippen molar-refractivity contribution in [3.8, 4) is 62.8 Å². The highest BCUT2D eigenvalue weighted by Gasteiger charge is 2.35. The maximum Gasteiger partial charge on any atom is 0.433 e. The third kappa shape index (κ3) is 27.2. The van der Waals surface area contributed by atoms with Gasteiger partial charge in [-0.3, -0.25) is 29.1 Å². The second-order valence-electron chi connectivity index (χ2n) is 30.1. The average Bonchev–Trinajstić information content (AvgIpc) is 1.54. The Morgan fingerprint density at radius 1 is 0.358 bits per heavy atom. The Bertz CT molecular complexity index is 6850. The fourth-order valence-electron chi connectivity index (χ4n) is 13.0. The molecule has 0 radical (unpaired) electrons. The Kier molecular flexibility index (Phi) is 31.5. The van der Waals surface area contributed by atoms with Crippen LogP contribution in [0.1, 0.15) is 102 Å². The van der Waals surface area contributed by atoms with Crippen LogP contribution in [0.25, 0.3) is 116 Å². The number of hydrogen-bond donors (Lipinski definition) is 4. The maximum absolute atomic E-state index is 13.0. The highest BCUT2D eigenvalue weighted by molar-refractivity contribution is 7.11. The number of esters is 1. The number of nitrogens with two attached hydrogens (primary N) is 4. The summed E-state index contributed by atoms with van der Waals surface area (Å²) in [7, 11) is 1.46. The van der Waals surface area contributed by atoms with Gasteiger partial charge in [-0.1, -0.05) is 81.9 Å². The van der Waals surface area contributed by atoms with E-state index in [1.54, 1.807) is 81.5 Å². The van der Waals surface area contributed by atoms with Crippen LogP contribution in [0.3, 0.4) is 0 Å². The molecule has 15 aromatic rings. The number of amides is 4. The predicted molar refractivity (Wildman–Crippen MR) is 487 cm³/mol. The number of primary amides is 4. The second-order valence-corrected chi connectivity index (χ2v) is 31.0. The third-order valence-electron chi connectivity index (χ3n) is 18.6. The number of rotatable bonds is 22. The summed E-state index contributed by atoms with van der Waals surface area (Å²) >= 11 is 1.37. The van der Waals surface area contributed by atoms with Crippen molar-refractivity contribution in [2.24, 2.45) is 22.9 Å². The Morgan fingerprint density at radius 2 is 0.694 bits per heavy atom. The molecular formula is C94H84F9N23O7S. The standard InChI is InChI=1S/C19H16F3N5O2.C19H16F3N5O.C19H20N4O2S.C19H18N4O.C18H14F3N5O/c1-11-5-13(7-14(6-11)19(20,21)22)18-25-10-27(26-18)9-15(17(23)28)12-3-4-16(29-2)24-8-12;1-11-5-12(2)7-14(6-11)18-25-10-27(26-18)9-15(17(23)28)13-3-4-24-16(8-13)19(20,21)22;1-12(2)25-19(24)16(18-20-5-6-26-18)10-23-11-21-17(22-23)15-8-13(3)7-14(4)9-15;1-13-8-14(2)10-16(9-13)19-21-12-23(22-19)11-17(18(20)24)15-6-4-3-5-7-15;1-11-6-13(8-14(7-11)18(19,20)21)17-24-10-26(25-17)9-15(16(22)27)12-2-4-23-5-3-12/h3-10H,1-2H3,(H2,23,28);3-10H,1-2H3,(H2,23,28);5-12H,1-4H3;3-12H,1-2H3,(H2,20,24);2-10H,1H3,(H2,22,27)/b2*15-9+;16-10+;17-11+;15-9+. The van der Waals surface area contributed by atoms with Crippen LogP contribution in [0.2, 0.25) is 0 Å². The zero-order chi connectivity index (χ0) is 97.0. The van der Waals surface area contributed by atoms with Crippen LogP contribution in [0.15, 0.2) is 226 Å². The molecule has 0 fully saturated rings. The van der Waals surface area contributed by atoms with Gasteiger partial charge in [-0.25, -0.2) is 63.1 Å². The largest absolute Gasteiger partial charge is 0.481 e. The smallest absolute Gasteiger partial charge is 0.433 e. The lowest BCUT2D eigenvalue weighted by atomic mass is 10.1. The van der Waals surface area contributed by atoms with E-state index in [0.29, 0.717) is 61.8 Å². The lowest BCUT2D eigenvalue weighted by Gasteiger charge is -2.09. The number of benzene rings is 6. The predicted octanol–water partition coefficient (Wildman–Crippen LogP) is 16.8. The number of halogens is 9. The average molecular weight is 1850 g/mol. The van der Waals surface area contributed by atoms with Gasteiger partial charge < -0.3 is 32.4 Å². The molecule has 0 bridgehead atoms. The minimum absolute atomic E-state index is 0.0155. The van der Waals surface area contributed by atoms with Crippen molar-refractivity contribution in [1.82, 2.24) is 93.8 Å². The number of carbonyl (C=O) groups excluding carboxylic acids is 5. The molecule has 9 heterocycles. The van der Waals surface area contributed by atoms with E-state index in [1.165, 1.54) is 104 Å². The van der Waals surface area contributed by atoms with Crippen LogP contribution in [0.4, 0.5) is 39.5 Å². The SMILES string of the molecule is COc1ccc(/C(=C\n2cnc(-c3cc(C)cc(C(F)(F)F)c3)n2)C(N)=O)cn1.Cc1cc(-c2ncn(/C=C(/C(N)=O)c3ccncc3)n2)cc(C(F)(F)F)c1.Cc1cc(C)cc(-c2ncn(/C=C(/C(=O)OC(C)C)c3nccs3)n2)c1.Cc1cc(C)cc(-c2ncn(/C=C(/C(N)=O)c3ccccc3)n2)c1.Cc1cc(C)cc(-c2ncn(/C=C(/C(N)=O)c3ccnc(C(F)(F)F)c3)n2)c1. The number of aryl methyl sites for hydroxylation is 8. The van der Waals surface area contributed by atoms with E-state index < -0.39 is 64.9 Å². The van der Waals surface area contributed by atoms with Crippen molar-refractivity contribution in [2.45, 2.75) is 93.9 Å². The van der Waals surface area contributed by atoms with Crippen molar-refractivity contribution in [3.05, 3.63) is 314 Å². The third-order valence-corrected chi connectivity index (χ3v) is 19.4. The molecular weight excluding hydrogens is 1770 g/mol. The fraction of sp³-hybridized carbons (Fsp3) is 0.160. The summed E-state index contributed by atoms with van der Waals surface area (Å²) in [6.45, 7) is 18.8. The van der Waals surface area contributed by atoms with Crippen molar-refractivity contribution >= 4 is 99.8 Å². The van der Waals surface area contributed by atoms with Gasteiger partial charge in [-0.15, -0.1) is 36.8 Å². The van der Waals surface area contributed by atoms with E-state index in [2.05, 4.69) is 82.5 Å². The molecule has 9 aromatic heterocycles. The van der Waals surface area contributed by atoms with E-state index in [0.717, 1.165) is 92.2 Å². The number of methoxy groups -OCH3 is 1. The molecule has 0 saturated heterocycles. The van der Waals surface area contributed by atoms with Crippen molar-refractivity contribution in [2.75, 3.05) is 7.11 Å². The van der Waals surface area contributed by atoms with E-state index in [9.17, 15) is 63.5 Å². The number of thiazole rings is 1. The topological polar surface area (TPSA) is 413 Å². The lowest BCUT2D eigenvalue weighted by molar-refractivity contribution is -0.141. The van der Waals surface area contributed by atoms with E-state index in [4.69, 9.17) is 32.4 Å². The lowest BCUT2D eigenvalue weighted by Crippen LogP contribution is -2.15. The first kappa shape index (κ1) is 97.9. The summed E-state index contributed by atoms with van der Waals surface area (Å²) < 4.78 is 134. The highest BCUT2D eigenvalue weighted by atomic mass is 32.1. The molecule has 0 saturated carbocycles. The van der Waals surface area contributed by atoms with Gasteiger partial charge in [0.2, 0.25) is 5.88 Å². The number of pyridine rings is 3. The Hall–Kier alpha value is -16.7. The zero-order valence-electron chi connectivity index (χ0n) is 73.3. The molecule has 0 aliphatic rings. The first-order valence-electron chi connectivity index (χ1n) is 40.1. The van der Waals surface area contributed by atoms with Gasteiger partial charge in [0, 0.05) is 107 Å². The summed E-state index contributed by atoms with van der Waals surface area (Å²) in [6.07, 6.45) is 7.38.